The summed E-state index contributed by atoms with van der Waals surface area (Å²) in [6.45, 7) is 0.337. The van der Waals surface area contributed by atoms with Crippen LogP contribution in [0.15, 0.2) is 0 Å². The molecule has 2 saturated carbocycles. The van der Waals surface area contributed by atoms with Gasteiger partial charge < -0.3 is 10.4 Å². The molecule has 0 aliphatic heterocycles. The Labute approximate surface area is 113 Å². The van der Waals surface area contributed by atoms with Crippen LogP contribution in [0.3, 0.4) is 0 Å². The Morgan fingerprint density at radius 3 is 1.83 bits per heavy atom. The maximum atomic E-state index is 9.90. The van der Waals surface area contributed by atoms with Gasteiger partial charge in [-0.3, -0.25) is 0 Å². The van der Waals surface area contributed by atoms with E-state index in [4.69, 9.17) is 0 Å². The van der Waals surface area contributed by atoms with Gasteiger partial charge in [0.1, 0.15) is 0 Å². The van der Waals surface area contributed by atoms with Crippen molar-refractivity contribution in [2.45, 2.75) is 95.1 Å². The maximum absolute atomic E-state index is 9.90. The average Bonchev–Trinajstić information content (AvgIpc) is 2.61. The van der Waals surface area contributed by atoms with Crippen molar-refractivity contribution in [2.24, 2.45) is 0 Å². The van der Waals surface area contributed by atoms with Crippen LogP contribution in [0.25, 0.3) is 0 Å². The fourth-order valence-corrected chi connectivity index (χ4v) is 3.79. The van der Waals surface area contributed by atoms with E-state index in [-0.39, 0.29) is 5.54 Å². The smallest absolute Gasteiger partial charge is 0.0613 e. The molecule has 0 aromatic carbocycles. The van der Waals surface area contributed by atoms with E-state index in [1.165, 1.54) is 83.5 Å². The van der Waals surface area contributed by atoms with E-state index in [0.717, 1.165) is 0 Å². The molecule has 2 N–H and O–H groups in total. The Morgan fingerprint density at radius 2 is 1.28 bits per heavy atom. The zero-order chi connectivity index (χ0) is 12.7. The molecule has 0 saturated heterocycles. The summed E-state index contributed by atoms with van der Waals surface area (Å²) in [5, 5.41) is 13.8. The molecule has 0 bridgehead atoms. The highest BCUT2D eigenvalue weighted by molar-refractivity contribution is 4.91. The second-order valence-electron chi connectivity index (χ2n) is 6.54. The van der Waals surface area contributed by atoms with Gasteiger partial charge >= 0.3 is 0 Å². The van der Waals surface area contributed by atoms with E-state index in [0.29, 0.717) is 12.6 Å². The first-order chi connectivity index (χ1) is 8.85. The van der Waals surface area contributed by atoms with Crippen LogP contribution < -0.4 is 5.32 Å². The van der Waals surface area contributed by atoms with Crippen molar-refractivity contribution in [1.29, 1.82) is 0 Å². The van der Waals surface area contributed by atoms with Gasteiger partial charge in [-0.05, 0) is 25.7 Å². The van der Waals surface area contributed by atoms with Crippen molar-refractivity contribution in [3.8, 4) is 0 Å². The van der Waals surface area contributed by atoms with Gasteiger partial charge in [0.15, 0.2) is 0 Å². The average molecular weight is 253 g/mol. The first-order valence-corrected chi connectivity index (χ1v) is 8.23. The van der Waals surface area contributed by atoms with Crippen LogP contribution >= 0.6 is 0 Å². The van der Waals surface area contributed by atoms with Crippen LogP contribution in [0, 0.1) is 0 Å². The largest absolute Gasteiger partial charge is 0.394 e. The topological polar surface area (TPSA) is 32.3 Å². The van der Waals surface area contributed by atoms with Crippen molar-refractivity contribution >= 4 is 0 Å². The first kappa shape index (κ1) is 14.3. The lowest BCUT2D eigenvalue weighted by atomic mass is 9.83. The second-order valence-corrected chi connectivity index (χ2v) is 6.54. The summed E-state index contributed by atoms with van der Waals surface area (Å²) in [5.41, 5.74) is 0.0510. The molecule has 2 heteroatoms. The third-order valence-electron chi connectivity index (χ3n) is 4.98. The predicted octanol–water partition coefficient (Wildman–Crippen LogP) is 3.77. The fraction of sp³-hybridized carbons (Fsp3) is 1.00. The second kappa shape index (κ2) is 7.49. The van der Waals surface area contributed by atoms with Gasteiger partial charge in [0, 0.05) is 11.6 Å². The lowest BCUT2D eigenvalue weighted by molar-refractivity contribution is 0.115. The van der Waals surface area contributed by atoms with Crippen molar-refractivity contribution in [3.63, 3.8) is 0 Å². The zero-order valence-corrected chi connectivity index (χ0v) is 11.9. The Hall–Kier alpha value is -0.0800. The van der Waals surface area contributed by atoms with Gasteiger partial charge in [-0.25, -0.2) is 0 Å². The Bertz CT molecular complexity index is 213. The van der Waals surface area contributed by atoms with Crippen molar-refractivity contribution < 1.29 is 5.11 Å². The van der Waals surface area contributed by atoms with Gasteiger partial charge in [0.05, 0.1) is 6.61 Å². The lowest BCUT2D eigenvalue weighted by Gasteiger charge is -2.38. The van der Waals surface area contributed by atoms with Crippen LogP contribution in [0.5, 0.6) is 0 Å². The summed E-state index contributed by atoms with van der Waals surface area (Å²) in [5.74, 6) is 0. The molecule has 18 heavy (non-hydrogen) atoms. The Kier molecular flexibility index (Phi) is 5.97. The molecule has 0 aromatic heterocycles. The molecule has 2 rings (SSSR count). The van der Waals surface area contributed by atoms with E-state index in [1.807, 2.05) is 0 Å². The van der Waals surface area contributed by atoms with Crippen LogP contribution in [0.4, 0.5) is 0 Å². The van der Waals surface area contributed by atoms with Crippen LogP contribution in [0.2, 0.25) is 0 Å². The third-order valence-corrected chi connectivity index (χ3v) is 4.98. The molecule has 0 atom stereocenters. The normalized spacial score (nSPS) is 27.2. The Balaban J connectivity index is 1.91. The van der Waals surface area contributed by atoms with Crippen molar-refractivity contribution in [2.75, 3.05) is 6.61 Å². The summed E-state index contributed by atoms with van der Waals surface area (Å²) in [4.78, 5) is 0. The molecule has 106 valence electrons. The molecular formula is C16H31NO. The molecule has 2 fully saturated rings. The highest BCUT2D eigenvalue weighted by atomic mass is 16.3. The summed E-state index contributed by atoms with van der Waals surface area (Å²) in [6, 6.07) is 0.666. The minimum atomic E-state index is 0.0510. The molecule has 2 nitrogen and oxygen atoms in total. The molecule has 0 spiro atoms. The standard InChI is InChI=1S/C16H31NO/c18-14-16(12-8-4-1-5-9-13-16)17-15-10-6-2-3-7-11-15/h15,17-18H,1-14H2. The molecule has 0 amide bonds. The van der Waals surface area contributed by atoms with Crippen LogP contribution in [-0.4, -0.2) is 23.3 Å². The number of aliphatic hydroxyl groups is 1. The molecule has 2 aliphatic rings. The van der Waals surface area contributed by atoms with Gasteiger partial charge in [-0.2, -0.15) is 0 Å². The summed E-state index contributed by atoms with van der Waals surface area (Å²) in [6.07, 6.45) is 17.3. The minimum Gasteiger partial charge on any atom is -0.394 e. The summed E-state index contributed by atoms with van der Waals surface area (Å²) < 4.78 is 0. The SMILES string of the molecule is OCC1(NC2CCCCCC2)CCCCCCC1. The van der Waals surface area contributed by atoms with Crippen LogP contribution in [0.1, 0.15) is 83.5 Å². The quantitative estimate of drug-likeness (QED) is 0.750. The number of rotatable bonds is 3. The van der Waals surface area contributed by atoms with E-state index in [1.54, 1.807) is 0 Å². The molecule has 2 aliphatic carbocycles. The number of hydrogen-bond acceptors (Lipinski definition) is 2. The number of hydrogen-bond donors (Lipinski definition) is 2. The monoisotopic (exact) mass is 253 g/mol. The fourth-order valence-electron chi connectivity index (χ4n) is 3.79. The highest BCUT2D eigenvalue weighted by Crippen LogP contribution is 2.28. The lowest BCUT2D eigenvalue weighted by Crippen LogP contribution is -2.53. The zero-order valence-electron chi connectivity index (χ0n) is 11.9. The molecule has 0 aromatic rings. The highest BCUT2D eigenvalue weighted by Gasteiger charge is 2.31. The molecule has 0 unspecified atom stereocenters. The first-order valence-electron chi connectivity index (χ1n) is 8.23. The van der Waals surface area contributed by atoms with Gasteiger partial charge in [-0.1, -0.05) is 57.8 Å². The minimum absolute atomic E-state index is 0.0510. The van der Waals surface area contributed by atoms with E-state index < -0.39 is 0 Å². The Morgan fingerprint density at radius 1 is 0.778 bits per heavy atom. The third kappa shape index (κ3) is 4.24. The maximum Gasteiger partial charge on any atom is 0.0613 e. The number of nitrogens with one attached hydrogen (secondary N) is 1. The molecule has 0 radical (unpaired) electrons. The number of aliphatic hydroxyl groups excluding tert-OH is 1. The van der Waals surface area contributed by atoms with Crippen molar-refractivity contribution in [1.82, 2.24) is 5.32 Å². The molecular weight excluding hydrogens is 222 g/mol. The van der Waals surface area contributed by atoms with E-state index >= 15 is 0 Å². The summed E-state index contributed by atoms with van der Waals surface area (Å²) in [7, 11) is 0. The predicted molar refractivity (Wildman–Crippen MR) is 76.8 cm³/mol. The van der Waals surface area contributed by atoms with E-state index in [9.17, 15) is 5.11 Å². The molecule has 0 heterocycles. The van der Waals surface area contributed by atoms with Crippen LogP contribution in [-0.2, 0) is 0 Å². The van der Waals surface area contributed by atoms with Gasteiger partial charge in [0.2, 0.25) is 0 Å². The van der Waals surface area contributed by atoms with Gasteiger partial charge in [-0.15, -0.1) is 0 Å². The van der Waals surface area contributed by atoms with E-state index in [2.05, 4.69) is 5.32 Å². The van der Waals surface area contributed by atoms with Gasteiger partial charge in [0.25, 0.3) is 0 Å². The summed E-state index contributed by atoms with van der Waals surface area (Å²) >= 11 is 0. The van der Waals surface area contributed by atoms with Crippen molar-refractivity contribution in [3.05, 3.63) is 0 Å².